The van der Waals surface area contributed by atoms with Crippen LogP contribution in [0, 0.1) is 0 Å². The highest BCUT2D eigenvalue weighted by Gasteiger charge is 2.29. The van der Waals surface area contributed by atoms with Gasteiger partial charge in [0.1, 0.15) is 0 Å². The van der Waals surface area contributed by atoms with Gasteiger partial charge >= 0.3 is 6.18 Å². The fraction of sp³-hybridized carbons (Fsp3) is 0.364. The van der Waals surface area contributed by atoms with Crippen molar-refractivity contribution in [2.75, 3.05) is 0 Å². The van der Waals surface area contributed by atoms with E-state index in [1.54, 1.807) is 12.1 Å². The monoisotopic (exact) mass is 346 g/mol. The van der Waals surface area contributed by atoms with E-state index in [2.05, 4.69) is 19.1 Å². The lowest BCUT2D eigenvalue weighted by Gasteiger charge is -2.10. The van der Waals surface area contributed by atoms with Crippen LogP contribution in [0.2, 0.25) is 0 Å². The molecular formula is C22H25F3. The van der Waals surface area contributed by atoms with Crippen molar-refractivity contribution in [2.45, 2.75) is 51.6 Å². The normalized spacial score (nSPS) is 12.4. The SMILES string of the molecule is CCCCCC/C(=C\c1ccc(C(F)(F)F)cc1)Cc1ccccc1. The molecule has 0 aliphatic rings. The van der Waals surface area contributed by atoms with Gasteiger partial charge in [-0.1, -0.05) is 80.3 Å². The molecule has 25 heavy (non-hydrogen) atoms. The topological polar surface area (TPSA) is 0 Å². The molecule has 0 amide bonds. The highest BCUT2D eigenvalue weighted by Crippen LogP contribution is 2.29. The van der Waals surface area contributed by atoms with Crippen LogP contribution in [-0.4, -0.2) is 0 Å². The molecule has 2 rings (SSSR count). The maximum atomic E-state index is 12.7. The summed E-state index contributed by atoms with van der Waals surface area (Å²) in [6, 6.07) is 15.6. The zero-order chi connectivity index (χ0) is 18.1. The first kappa shape index (κ1) is 19.3. The molecular weight excluding hydrogens is 321 g/mol. The highest BCUT2D eigenvalue weighted by molar-refractivity contribution is 5.54. The van der Waals surface area contributed by atoms with E-state index >= 15 is 0 Å². The van der Waals surface area contributed by atoms with Crippen molar-refractivity contribution in [3.8, 4) is 0 Å². The van der Waals surface area contributed by atoms with Crippen LogP contribution in [0.1, 0.15) is 55.7 Å². The quantitative estimate of drug-likeness (QED) is 0.440. The van der Waals surface area contributed by atoms with Crippen LogP contribution in [0.25, 0.3) is 6.08 Å². The molecule has 0 bridgehead atoms. The molecule has 0 fully saturated rings. The average Bonchev–Trinajstić information content (AvgIpc) is 2.59. The van der Waals surface area contributed by atoms with Gasteiger partial charge in [0.25, 0.3) is 0 Å². The summed E-state index contributed by atoms with van der Waals surface area (Å²) < 4.78 is 38.1. The molecule has 0 saturated heterocycles. The van der Waals surface area contributed by atoms with Crippen molar-refractivity contribution in [3.05, 3.63) is 76.9 Å². The van der Waals surface area contributed by atoms with Gasteiger partial charge in [-0.05, 0) is 42.5 Å². The van der Waals surface area contributed by atoms with Crippen LogP contribution in [0.5, 0.6) is 0 Å². The molecule has 0 atom stereocenters. The van der Waals surface area contributed by atoms with E-state index in [0.29, 0.717) is 0 Å². The molecule has 0 unspecified atom stereocenters. The molecule has 2 aromatic carbocycles. The summed E-state index contributed by atoms with van der Waals surface area (Å²) in [5.74, 6) is 0. The van der Waals surface area contributed by atoms with Crippen molar-refractivity contribution in [1.82, 2.24) is 0 Å². The van der Waals surface area contributed by atoms with Gasteiger partial charge in [-0.15, -0.1) is 0 Å². The lowest BCUT2D eigenvalue weighted by molar-refractivity contribution is -0.137. The minimum atomic E-state index is -4.28. The van der Waals surface area contributed by atoms with Crippen LogP contribution in [0.4, 0.5) is 13.2 Å². The summed E-state index contributed by atoms with van der Waals surface area (Å²) in [5, 5.41) is 0. The predicted molar refractivity (Wildman–Crippen MR) is 98.3 cm³/mol. The Balaban J connectivity index is 2.13. The van der Waals surface area contributed by atoms with Crippen LogP contribution in [0.3, 0.4) is 0 Å². The first-order chi connectivity index (χ1) is 12.0. The summed E-state index contributed by atoms with van der Waals surface area (Å²) in [6.45, 7) is 2.18. The second-order valence-corrected chi connectivity index (χ2v) is 6.40. The maximum absolute atomic E-state index is 12.7. The summed E-state index contributed by atoms with van der Waals surface area (Å²) in [5.41, 5.74) is 2.73. The second-order valence-electron chi connectivity index (χ2n) is 6.40. The molecule has 0 aliphatic heterocycles. The number of unbranched alkanes of at least 4 members (excludes halogenated alkanes) is 3. The molecule has 3 heteroatoms. The van der Waals surface area contributed by atoms with Gasteiger partial charge in [-0.3, -0.25) is 0 Å². The molecule has 134 valence electrons. The van der Waals surface area contributed by atoms with Crippen molar-refractivity contribution >= 4 is 6.08 Å². The van der Waals surface area contributed by atoms with Gasteiger partial charge in [-0.2, -0.15) is 13.2 Å². The molecule has 0 aromatic heterocycles. The Morgan fingerprint density at radius 2 is 1.56 bits per heavy atom. The van der Waals surface area contributed by atoms with Crippen molar-refractivity contribution in [2.24, 2.45) is 0 Å². The van der Waals surface area contributed by atoms with Gasteiger partial charge in [0.05, 0.1) is 5.56 Å². The highest BCUT2D eigenvalue weighted by atomic mass is 19.4. The van der Waals surface area contributed by atoms with E-state index < -0.39 is 11.7 Å². The van der Waals surface area contributed by atoms with E-state index in [1.807, 2.05) is 24.3 Å². The van der Waals surface area contributed by atoms with Crippen LogP contribution in [-0.2, 0) is 12.6 Å². The largest absolute Gasteiger partial charge is 0.416 e. The number of alkyl halides is 3. The third-order valence-corrected chi connectivity index (χ3v) is 4.23. The van der Waals surface area contributed by atoms with Crippen molar-refractivity contribution < 1.29 is 13.2 Å². The van der Waals surface area contributed by atoms with E-state index in [4.69, 9.17) is 0 Å². The Morgan fingerprint density at radius 3 is 2.16 bits per heavy atom. The molecule has 0 nitrogen and oxygen atoms in total. The maximum Gasteiger partial charge on any atom is 0.416 e. The fourth-order valence-corrected chi connectivity index (χ4v) is 2.85. The van der Waals surface area contributed by atoms with Gasteiger partial charge in [0.2, 0.25) is 0 Å². The third-order valence-electron chi connectivity index (χ3n) is 4.23. The molecule has 0 saturated carbocycles. The lowest BCUT2D eigenvalue weighted by atomic mass is 9.97. The van der Waals surface area contributed by atoms with E-state index in [1.165, 1.54) is 30.4 Å². The Morgan fingerprint density at radius 1 is 0.880 bits per heavy atom. The number of halogens is 3. The molecule has 0 radical (unpaired) electrons. The fourth-order valence-electron chi connectivity index (χ4n) is 2.85. The van der Waals surface area contributed by atoms with Gasteiger partial charge in [0, 0.05) is 0 Å². The second kappa shape index (κ2) is 9.45. The molecule has 0 heterocycles. The number of hydrogen-bond donors (Lipinski definition) is 0. The van der Waals surface area contributed by atoms with E-state index in [0.717, 1.165) is 37.0 Å². The molecule has 2 aromatic rings. The van der Waals surface area contributed by atoms with Crippen molar-refractivity contribution in [3.63, 3.8) is 0 Å². The Hall–Kier alpha value is -2.03. The van der Waals surface area contributed by atoms with Crippen molar-refractivity contribution in [1.29, 1.82) is 0 Å². The standard InChI is InChI=1S/C22H25F3/c1-2-3-4-6-11-20(16-18-9-7-5-8-10-18)17-19-12-14-21(15-13-19)22(23,24)25/h5,7-10,12-15,17H,2-4,6,11,16H2,1H3/b20-17+. The summed E-state index contributed by atoms with van der Waals surface area (Å²) in [6.07, 6.45) is 4.30. The van der Waals surface area contributed by atoms with Gasteiger partial charge in [0.15, 0.2) is 0 Å². The Bertz CT molecular complexity index is 652. The Labute approximate surface area is 148 Å². The summed E-state index contributed by atoms with van der Waals surface area (Å²) in [4.78, 5) is 0. The van der Waals surface area contributed by atoms with Crippen LogP contribution < -0.4 is 0 Å². The van der Waals surface area contributed by atoms with Crippen LogP contribution in [0.15, 0.2) is 60.2 Å². The Kier molecular flexibility index (Phi) is 7.30. The molecule has 0 N–H and O–H groups in total. The van der Waals surface area contributed by atoms with E-state index in [9.17, 15) is 13.2 Å². The van der Waals surface area contributed by atoms with E-state index in [-0.39, 0.29) is 0 Å². The lowest BCUT2D eigenvalue weighted by Crippen LogP contribution is -2.04. The zero-order valence-electron chi connectivity index (χ0n) is 14.7. The number of hydrogen-bond acceptors (Lipinski definition) is 0. The smallest absolute Gasteiger partial charge is 0.166 e. The average molecular weight is 346 g/mol. The first-order valence-electron chi connectivity index (χ1n) is 8.89. The molecule has 0 spiro atoms. The van der Waals surface area contributed by atoms with Gasteiger partial charge in [-0.25, -0.2) is 0 Å². The predicted octanol–water partition coefficient (Wildman–Crippen LogP) is 7.30. The van der Waals surface area contributed by atoms with Gasteiger partial charge < -0.3 is 0 Å². The molecule has 0 aliphatic carbocycles. The summed E-state index contributed by atoms with van der Waals surface area (Å²) >= 11 is 0. The number of benzene rings is 2. The third kappa shape index (κ3) is 6.77. The number of rotatable bonds is 8. The minimum Gasteiger partial charge on any atom is -0.166 e. The van der Waals surface area contributed by atoms with Crippen LogP contribution >= 0.6 is 0 Å². The number of allylic oxidation sites excluding steroid dienone is 1. The summed E-state index contributed by atoms with van der Waals surface area (Å²) in [7, 11) is 0. The first-order valence-corrected chi connectivity index (χ1v) is 8.89. The minimum absolute atomic E-state index is 0.600. The zero-order valence-corrected chi connectivity index (χ0v) is 14.7.